The number of pyridine rings is 1. The fourth-order valence-electron chi connectivity index (χ4n) is 1.89. The van der Waals surface area contributed by atoms with Crippen LogP contribution in [0, 0.1) is 4.77 Å². The van der Waals surface area contributed by atoms with Crippen LogP contribution in [0.5, 0.6) is 0 Å². The summed E-state index contributed by atoms with van der Waals surface area (Å²) in [5.74, 6) is 1.55. The maximum Gasteiger partial charge on any atom is 0.214 e. The minimum absolute atomic E-state index is 0.531. The highest BCUT2D eigenvalue weighted by molar-refractivity contribution is 7.71. The highest BCUT2D eigenvalue weighted by atomic mass is 32.1. The van der Waals surface area contributed by atoms with Gasteiger partial charge in [0, 0.05) is 12.6 Å². The first-order valence-electron chi connectivity index (χ1n) is 5.74. The van der Waals surface area contributed by atoms with E-state index in [1.54, 1.807) is 18.6 Å². The topological polar surface area (TPSA) is 59.6 Å². The van der Waals surface area contributed by atoms with Crippen LogP contribution in [0.2, 0.25) is 0 Å². The molecule has 0 amide bonds. The Labute approximate surface area is 108 Å². The molecule has 0 saturated carbocycles. The molecule has 1 N–H and O–H groups in total. The van der Waals surface area contributed by atoms with E-state index < -0.39 is 0 Å². The first-order valence-corrected chi connectivity index (χ1v) is 6.15. The second-order valence-electron chi connectivity index (χ2n) is 3.98. The third-order valence-corrected chi connectivity index (χ3v) is 3.14. The molecule has 0 unspecified atom stereocenters. The summed E-state index contributed by atoms with van der Waals surface area (Å²) in [5.41, 5.74) is 1.93. The van der Waals surface area contributed by atoms with Crippen LogP contribution in [0.3, 0.4) is 0 Å². The summed E-state index contributed by atoms with van der Waals surface area (Å²) < 4.78 is 8.21. The van der Waals surface area contributed by atoms with Crippen LogP contribution in [-0.4, -0.2) is 19.5 Å². The summed E-state index contributed by atoms with van der Waals surface area (Å²) >= 11 is 5.30. The molecule has 5 nitrogen and oxygen atoms in total. The van der Waals surface area contributed by atoms with E-state index >= 15 is 0 Å². The van der Waals surface area contributed by atoms with Gasteiger partial charge >= 0.3 is 0 Å². The summed E-state index contributed by atoms with van der Waals surface area (Å²) in [7, 11) is 0. The number of aryl methyl sites for hydroxylation is 1. The van der Waals surface area contributed by atoms with E-state index in [9.17, 15) is 0 Å². The molecule has 0 aliphatic rings. The van der Waals surface area contributed by atoms with Gasteiger partial charge in [0.05, 0.1) is 23.4 Å². The zero-order chi connectivity index (χ0) is 12.5. The number of oxazole rings is 1. The molecule has 3 heterocycles. The van der Waals surface area contributed by atoms with Crippen LogP contribution in [-0.2, 0) is 13.0 Å². The van der Waals surface area contributed by atoms with Crippen LogP contribution in [0.1, 0.15) is 18.6 Å². The van der Waals surface area contributed by atoms with Crippen molar-refractivity contribution in [3.05, 3.63) is 41.1 Å². The van der Waals surface area contributed by atoms with Gasteiger partial charge in [0.1, 0.15) is 12.3 Å². The summed E-state index contributed by atoms with van der Waals surface area (Å²) in [6.45, 7) is 2.57. The second-order valence-corrected chi connectivity index (χ2v) is 4.37. The van der Waals surface area contributed by atoms with E-state index in [1.165, 1.54) is 0 Å². The van der Waals surface area contributed by atoms with Gasteiger partial charge in [-0.2, -0.15) is 0 Å². The molecule has 0 aliphatic heterocycles. The van der Waals surface area contributed by atoms with Crippen LogP contribution >= 0.6 is 12.2 Å². The van der Waals surface area contributed by atoms with Gasteiger partial charge in [-0.1, -0.05) is 6.92 Å². The highest BCUT2D eigenvalue weighted by Crippen LogP contribution is 2.14. The quantitative estimate of drug-likeness (QED) is 0.735. The lowest BCUT2D eigenvalue weighted by atomic mass is 10.4. The van der Waals surface area contributed by atoms with Crippen molar-refractivity contribution in [1.29, 1.82) is 0 Å². The predicted octanol–water partition coefficient (Wildman–Crippen LogP) is 2.69. The number of nitrogens with zero attached hydrogens (tertiary/aromatic N) is 3. The molecule has 3 aromatic heterocycles. The van der Waals surface area contributed by atoms with Gasteiger partial charge in [0.2, 0.25) is 5.89 Å². The maximum absolute atomic E-state index is 5.60. The lowest BCUT2D eigenvalue weighted by molar-refractivity contribution is 0.447. The van der Waals surface area contributed by atoms with Crippen molar-refractivity contribution in [2.75, 3.05) is 0 Å². The van der Waals surface area contributed by atoms with Gasteiger partial charge < -0.3 is 14.0 Å². The zero-order valence-electron chi connectivity index (χ0n) is 9.88. The third kappa shape index (κ3) is 1.84. The van der Waals surface area contributed by atoms with E-state index in [0.29, 0.717) is 17.2 Å². The highest BCUT2D eigenvalue weighted by Gasteiger charge is 2.08. The first kappa shape index (κ1) is 11.2. The van der Waals surface area contributed by atoms with Crippen LogP contribution in [0.25, 0.3) is 11.0 Å². The summed E-state index contributed by atoms with van der Waals surface area (Å²) in [6, 6.07) is 1.92. The van der Waals surface area contributed by atoms with Crippen molar-refractivity contribution in [3.8, 4) is 0 Å². The molecule has 0 aliphatic carbocycles. The van der Waals surface area contributed by atoms with Gasteiger partial charge in [-0.3, -0.25) is 4.98 Å². The fraction of sp³-hybridized carbons (Fsp3) is 0.250. The molecule has 3 rings (SSSR count). The summed E-state index contributed by atoms with van der Waals surface area (Å²) in [6.07, 6.45) is 6.11. The van der Waals surface area contributed by atoms with Crippen molar-refractivity contribution < 1.29 is 4.42 Å². The smallest absolute Gasteiger partial charge is 0.214 e. The van der Waals surface area contributed by atoms with Crippen LogP contribution in [0.15, 0.2) is 29.1 Å². The molecule has 0 atom stereocenters. The molecular formula is C12H12N4OS. The minimum Gasteiger partial charge on any atom is -0.444 e. The second kappa shape index (κ2) is 4.38. The molecule has 0 saturated heterocycles. The Bertz CT molecular complexity index is 740. The Hall–Kier alpha value is -1.95. The molecule has 6 heteroatoms. The van der Waals surface area contributed by atoms with Crippen molar-refractivity contribution in [1.82, 2.24) is 19.5 Å². The average molecular weight is 260 g/mol. The number of aromatic amines is 1. The standard InChI is InChI=1S/C12H12N4OS/c1-2-8-5-14-11(17-8)7-16-10-3-4-13-6-9(10)15-12(16)18/h3-6H,2,7H2,1H3,(H,15,18). The van der Waals surface area contributed by atoms with E-state index in [0.717, 1.165) is 23.2 Å². The number of nitrogens with one attached hydrogen (secondary N) is 1. The van der Waals surface area contributed by atoms with Gasteiger partial charge in [-0.25, -0.2) is 4.98 Å². The Morgan fingerprint density at radius 2 is 2.33 bits per heavy atom. The monoisotopic (exact) mass is 260 g/mol. The number of rotatable bonds is 3. The average Bonchev–Trinajstić information content (AvgIpc) is 2.96. The molecule has 0 spiro atoms. The number of imidazole rings is 1. The van der Waals surface area contributed by atoms with E-state index in [-0.39, 0.29) is 0 Å². The molecular weight excluding hydrogens is 248 g/mol. The molecule has 18 heavy (non-hydrogen) atoms. The van der Waals surface area contributed by atoms with Gasteiger partial charge in [-0.05, 0) is 18.3 Å². The van der Waals surface area contributed by atoms with Crippen molar-refractivity contribution in [2.24, 2.45) is 0 Å². The molecule has 3 aromatic rings. The molecule has 92 valence electrons. The summed E-state index contributed by atoms with van der Waals surface area (Å²) in [4.78, 5) is 11.4. The lowest BCUT2D eigenvalue weighted by Crippen LogP contribution is -1.99. The number of H-pyrrole nitrogens is 1. The molecule has 0 bridgehead atoms. The van der Waals surface area contributed by atoms with Gasteiger partial charge in [-0.15, -0.1) is 0 Å². The van der Waals surface area contributed by atoms with Gasteiger partial charge in [0.25, 0.3) is 0 Å². The van der Waals surface area contributed by atoms with Gasteiger partial charge in [0.15, 0.2) is 4.77 Å². The van der Waals surface area contributed by atoms with E-state index in [4.69, 9.17) is 16.6 Å². The van der Waals surface area contributed by atoms with Crippen molar-refractivity contribution in [3.63, 3.8) is 0 Å². The minimum atomic E-state index is 0.531. The molecule has 0 fully saturated rings. The molecule has 0 radical (unpaired) electrons. The normalized spacial score (nSPS) is 11.2. The maximum atomic E-state index is 5.60. The molecule has 0 aromatic carbocycles. The van der Waals surface area contributed by atoms with Crippen LogP contribution < -0.4 is 0 Å². The largest absolute Gasteiger partial charge is 0.444 e. The number of hydrogen-bond acceptors (Lipinski definition) is 4. The van der Waals surface area contributed by atoms with Crippen molar-refractivity contribution >= 4 is 23.3 Å². The Morgan fingerprint density at radius 1 is 1.44 bits per heavy atom. The number of hydrogen-bond donors (Lipinski definition) is 1. The van der Waals surface area contributed by atoms with E-state index in [1.807, 2.05) is 17.6 Å². The first-order chi connectivity index (χ1) is 8.78. The predicted molar refractivity (Wildman–Crippen MR) is 69.9 cm³/mol. The third-order valence-electron chi connectivity index (χ3n) is 2.82. The number of aromatic nitrogens is 4. The Balaban J connectivity index is 2.04. The Morgan fingerprint density at radius 3 is 3.11 bits per heavy atom. The zero-order valence-corrected chi connectivity index (χ0v) is 10.7. The summed E-state index contributed by atoms with van der Waals surface area (Å²) in [5, 5.41) is 0. The van der Waals surface area contributed by atoms with Crippen LogP contribution in [0.4, 0.5) is 0 Å². The van der Waals surface area contributed by atoms with Crippen molar-refractivity contribution in [2.45, 2.75) is 19.9 Å². The lowest BCUT2D eigenvalue weighted by Gasteiger charge is -2.00. The SMILES string of the molecule is CCc1cnc(Cn2c(=S)[nH]c3cnccc32)o1. The fourth-order valence-corrected chi connectivity index (χ4v) is 2.16. The number of fused-ring (bicyclic) bond motifs is 1. The Kier molecular flexibility index (Phi) is 2.71. The van der Waals surface area contributed by atoms with E-state index in [2.05, 4.69) is 15.0 Å².